The maximum absolute atomic E-state index is 11.9. The molecule has 0 spiro atoms. The maximum atomic E-state index is 11.9. The topological polar surface area (TPSA) is 56.3 Å². The number of esters is 1. The Morgan fingerprint density at radius 3 is 2.48 bits per heavy atom. The normalized spacial score (nSPS) is 10.4. The van der Waals surface area contributed by atoms with Crippen LogP contribution in [-0.2, 0) is 4.74 Å². The Labute approximate surface area is 131 Å². The van der Waals surface area contributed by atoms with E-state index in [1.807, 2.05) is 30.5 Å². The van der Waals surface area contributed by atoms with E-state index in [0.717, 1.165) is 10.5 Å². The van der Waals surface area contributed by atoms with Crippen molar-refractivity contribution in [1.82, 2.24) is 4.98 Å². The molecule has 2 rings (SSSR count). The number of thioether (sulfide) groups is 1. The van der Waals surface area contributed by atoms with Crippen molar-refractivity contribution >= 4 is 34.9 Å². The molecule has 0 radical (unpaired) electrons. The van der Waals surface area contributed by atoms with Crippen LogP contribution in [0.1, 0.15) is 34.0 Å². The first kappa shape index (κ1) is 15.7. The monoisotopic (exact) mass is 321 g/mol. The maximum Gasteiger partial charge on any atom is 0.358 e. The summed E-state index contributed by atoms with van der Waals surface area (Å²) in [7, 11) is 0. The third-order valence-corrected chi connectivity index (χ3v) is 4.70. The molecule has 0 unspecified atom stereocenters. The number of Topliss-reactive ketones (excluding diaryl/α,β-unsaturated/α-hetero) is 1. The Bertz CT molecular complexity index is 662. The summed E-state index contributed by atoms with van der Waals surface area (Å²) < 4.78 is 4.95. The fourth-order valence-corrected chi connectivity index (χ4v) is 3.12. The van der Waals surface area contributed by atoms with Gasteiger partial charge in [-0.3, -0.25) is 4.79 Å². The fraction of sp³-hybridized carbons (Fsp3) is 0.267. The lowest BCUT2D eigenvalue weighted by atomic mass is 10.2. The Hall–Kier alpha value is -1.66. The standard InChI is InChI=1S/C15H15NO3S2/c1-4-19-15(18)12-13(9(2)17)21-14(16-12)10-5-7-11(20-3)8-6-10/h5-8H,4H2,1-3H3. The molecular formula is C15H15NO3S2. The summed E-state index contributed by atoms with van der Waals surface area (Å²) in [6.07, 6.45) is 2.01. The highest BCUT2D eigenvalue weighted by molar-refractivity contribution is 7.98. The molecule has 0 saturated heterocycles. The molecule has 0 amide bonds. The molecule has 6 heteroatoms. The summed E-state index contributed by atoms with van der Waals surface area (Å²) in [6.45, 7) is 3.40. The Morgan fingerprint density at radius 2 is 1.95 bits per heavy atom. The molecule has 0 aliphatic carbocycles. The fourth-order valence-electron chi connectivity index (χ4n) is 1.75. The largest absolute Gasteiger partial charge is 0.461 e. The van der Waals surface area contributed by atoms with E-state index >= 15 is 0 Å². The van der Waals surface area contributed by atoms with Crippen molar-refractivity contribution in [3.05, 3.63) is 34.8 Å². The molecule has 0 bridgehead atoms. The summed E-state index contributed by atoms with van der Waals surface area (Å²) >= 11 is 2.87. The molecule has 0 atom stereocenters. The van der Waals surface area contributed by atoms with Gasteiger partial charge in [0.1, 0.15) is 9.88 Å². The number of carbonyl (C=O) groups excluding carboxylic acids is 2. The van der Waals surface area contributed by atoms with Crippen molar-refractivity contribution in [3.63, 3.8) is 0 Å². The molecule has 0 aliphatic rings. The van der Waals surface area contributed by atoms with Crippen LogP contribution in [0.15, 0.2) is 29.2 Å². The molecule has 1 heterocycles. The summed E-state index contributed by atoms with van der Waals surface area (Å²) in [6, 6.07) is 7.84. The van der Waals surface area contributed by atoms with Gasteiger partial charge < -0.3 is 4.74 Å². The van der Waals surface area contributed by atoms with Gasteiger partial charge in [-0.2, -0.15) is 0 Å². The van der Waals surface area contributed by atoms with E-state index in [9.17, 15) is 9.59 Å². The Balaban J connectivity index is 2.42. The molecule has 2 aromatic rings. The van der Waals surface area contributed by atoms with E-state index in [-0.39, 0.29) is 18.1 Å². The first-order chi connectivity index (χ1) is 10.1. The van der Waals surface area contributed by atoms with Gasteiger partial charge in [-0.1, -0.05) is 12.1 Å². The number of hydrogen-bond acceptors (Lipinski definition) is 6. The smallest absolute Gasteiger partial charge is 0.358 e. The van der Waals surface area contributed by atoms with Crippen molar-refractivity contribution in [2.75, 3.05) is 12.9 Å². The van der Waals surface area contributed by atoms with Crippen LogP contribution in [0.25, 0.3) is 10.6 Å². The van der Waals surface area contributed by atoms with Gasteiger partial charge in [0.25, 0.3) is 0 Å². The van der Waals surface area contributed by atoms with E-state index < -0.39 is 5.97 Å². The first-order valence-electron chi connectivity index (χ1n) is 6.40. The number of benzene rings is 1. The third kappa shape index (κ3) is 3.51. The van der Waals surface area contributed by atoms with Crippen LogP contribution >= 0.6 is 23.1 Å². The van der Waals surface area contributed by atoms with Gasteiger partial charge in [0, 0.05) is 17.4 Å². The molecule has 0 aliphatic heterocycles. The predicted octanol–water partition coefficient (Wildman–Crippen LogP) is 3.91. The molecule has 0 fully saturated rings. The van der Waals surface area contributed by atoms with Crippen molar-refractivity contribution in [1.29, 1.82) is 0 Å². The number of nitrogens with zero attached hydrogens (tertiary/aromatic N) is 1. The lowest BCUT2D eigenvalue weighted by molar-refractivity contribution is 0.0517. The quantitative estimate of drug-likeness (QED) is 0.475. The first-order valence-corrected chi connectivity index (χ1v) is 8.44. The van der Waals surface area contributed by atoms with Crippen LogP contribution < -0.4 is 0 Å². The number of carbonyl (C=O) groups is 2. The Kier molecular flexibility index (Phi) is 5.14. The highest BCUT2D eigenvalue weighted by Gasteiger charge is 2.22. The van der Waals surface area contributed by atoms with Crippen molar-refractivity contribution in [3.8, 4) is 10.6 Å². The molecule has 21 heavy (non-hydrogen) atoms. The summed E-state index contributed by atoms with van der Waals surface area (Å²) in [5.74, 6) is -0.728. The highest BCUT2D eigenvalue weighted by Crippen LogP contribution is 2.30. The lowest BCUT2D eigenvalue weighted by Gasteiger charge is -1.99. The van der Waals surface area contributed by atoms with Gasteiger partial charge in [-0.05, 0) is 25.3 Å². The average Bonchev–Trinajstić information content (AvgIpc) is 2.93. The third-order valence-electron chi connectivity index (χ3n) is 2.75. The number of hydrogen-bond donors (Lipinski definition) is 0. The van der Waals surface area contributed by atoms with Crippen LogP contribution in [0.2, 0.25) is 0 Å². The molecule has 0 saturated carbocycles. The minimum atomic E-state index is -0.550. The van der Waals surface area contributed by atoms with E-state index in [2.05, 4.69) is 4.98 Å². The average molecular weight is 321 g/mol. The van der Waals surface area contributed by atoms with E-state index in [0.29, 0.717) is 9.88 Å². The zero-order valence-corrected chi connectivity index (χ0v) is 13.6. The number of rotatable bonds is 5. The molecule has 110 valence electrons. The number of ether oxygens (including phenoxy) is 1. The molecule has 1 aromatic heterocycles. The number of aromatic nitrogens is 1. The van der Waals surface area contributed by atoms with E-state index in [4.69, 9.17) is 4.74 Å². The van der Waals surface area contributed by atoms with Gasteiger partial charge in [-0.25, -0.2) is 9.78 Å². The molecule has 4 nitrogen and oxygen atoms in total. The highest BCUT2D eigenvalue weighted by atomic mass is 32.2. The second-order valence-corrected chi connectivity index (χ2v) is 6.08. The minimum Gasteiger partial charge on any atom is -0.461 e. The predicted molar refractivity (Wildman–Crippen MR) is 85.3 cm³/mol. The lowest BCUT2D eigenvalue weighted by Crippen LogP contribution is -2.09. The minimum absolute atomic E-state index is 0.110. The van der Waals surface area contributed by atoms with Gasteiger partial charge in [-0.15, -0.1) is 23.1 Å². The van der Waals surface area contributed by atoms with Crippen LogP contribution in [0.5, 0.6) is 0 Å². The summed E-state index contributed by atoms with van der Waals surface area (Å²) in [4.78, 5) is 29.3. The SMILES string of the molecule is CCOC(=O)c1nc(-c2ccc(SC)cc2)sc1C(C)=O. The van der Waals surface area contributed by atoms with Crippen LogP contribution in [0.4, 0.5) is 0 Å². The zero-order chi connectivity index (χ0) is 15.4. The number of ketones is 1. The summed E-state index contributed by atoms with van der Waals surface area (Å²) in [5.41, 5.74) is 0.995. The molecular weight excluding hydrogens is 306 g/mol. The molecule has 1 aromatic carbocycles. The second kappa shape index (κ2) is 6.87. The second-order valence-electron chi connectivity index (χ2n) is 4.20. The summed E-state index contributed by atoms with van der Waals surface area (Å²) in [5, 5.41) is 0.649. The van der Waals surface area contributed by atoms with Gasteiger partial charge in [0.2, 0.25) is 0 Å². The van der Waals surface area contributed by atoms with Gasteiger partial charge in [0.05, 0.1) is 6.61 Å². The van der Waals surface area contributed by atoms with Crippen LogP contribution in [0, 0.1) is 0 Å². The van der Waals surface area contributed by atoms with E-state index in [1.54, 1.807) is 18.7 Å². The molecule has 0 N–H and O–H groups in total. The van der Waals surface area contributed by atoms with Crippen molar-refractivity contribution < 1.29 is 14.3 Å². The van der Waals surface area contributed by atoms with Crippen LogP contribution in [0.3, 0.4) is 0 Å². The Morgan fingerprint density at radius 1 is 1.29 bits per heavy atom. The zero-order valence-electron chi connectivity index (χ0n) is 12.0. The van der Waals surface area contributed by atoms with Crippen molar-refractivity contribution in [2.24, 2.45) is 0 Å². The van der Waals surface area contributed by atoms with Gasteiger partial charge in [0.15, 0.2) is 11.5 Å². The van der Waals surface area contributed by atoms with E-state index in [1.165, 1.54) is 18.3 Å². The number of thiazole rings is 1. The van der Waals surface area contributed by atoms with Crippen molar-refractivity contribution in [2.45, 2.75) is 18.7 Å². The van der Waals surface area contributed by atoms with Gasteiger partial charge >= 0.3 is 5.97 Å². The van der Waals surface area contributed by atoms with Crippen LogP contribution in [-0.4, -0.2) is 29.6 Å².